The number of hydrogen-bond acceptors (Lipinski definition) is 4. The standard InChI is InChI=1S/C20H26ClN3O4S2/c1-15-5-10-19(30(27,28)24-13-11-22(3)12-14-24)16(2)20(15)23(4)29(25,26)18-8-6-17(21)7-9-18/h5-10H,11-14H2,1-4H3/p+1. The summed E-state index contributed by atoms with van der Waals surface area (Å²) >= 11 is 5.88. The molecule has 1 heterocycles. The average molecular weight is 473 g/mol. The third-order valence-corrected chi connectivity index (χ3v) is 9.63. The number of halogens is 1. The van der Waals surface area contributed by atoms with Gasteiger partial charge in [0.15, 0.2) is 0 Å². The van der Waals surface area contributed by atoms with Gasteiger partial charge in [-0.3, -0.25) is 4.31 Å². The molecule has 0 bridgehead atoms. The molecule has 1 aliphatic heterocycles. The number of benzene rings is 2. The summed E-state index contributed by atoms with van der Waals surface area (Å²) in [7, 11) is -4.13. The van der Waals surface area contributed by atoms with Gasteiger partial charge in [0, 0.05) is 12.1 Å². The molecule has 1 saturated heterocycles. The lowest BCUT2D eigenvalue weighted by Crippen LogP contribution is -3.12. The topological polar surface area (TPSA) is 79.2 Å². The highest BCUT2D eigenvalue weighted by Crippen LogP contribution is 2.34. The monoisotopic (exact) mass is 472 g/mol. The minimum Gasteiger partial charge on any atom is -0.335 e. The van der Waals surface area contributed by atoms with Crippen LogP contribution in [0.1, 0.15) is 11.1 Å². The summed E-state index contributed by atoms with van der Waals surface area (Å²) < 4.78 is 55.5. The Hall–Kier alpha value is -1.65. The predicted octanol–water partition coefficient (Wildman–Crippen LogP) is 1.30. The van der Waals surface area contributed by atoms with E-state index >= 15 is 0 Å². The van der Waals surface area contributed by atoms with E-state index in [1.807, 2.05) is 7.05 Å². The second-order valence-corrected chi connectivity index (χ2v) is 12.0. The number of nitrogens with one attached hydrogen (secondary N) is 1. The highest BCUT2D eigenvalue weighted by atomic mass is 35.5. The van der Waals surface area contributed by atoms with Gasteiger partial charge in [-0.15, -0.1) is 0 Å². The van der Waals surface area contributed by atoms with Crippen molar-refractivity contribution in [2.24, 2.45) is 0 Å². The maximum Gasteiger partial charge on any atom is 0.264 e. The number of sulfonamides is 2. The maximum absolute atomic E-state index is 13.3. The number of anilines is 1. The summed E-state index contributed by atoms with van der Waals surface area (Å²) in [6.07, 6.45) is 0. The van der Waals surface area contributed by atoms with E-state index in [1.165, 1.54) is 40.5 Å². The largest absolute Gasteiger partial charge is 0.335 e. The van der Waals surface area contributed by atoms with Crippen molar-refractivity contribution in [3.05, 3.63) is 52.5 Å². The highest BCUT2D eigenvalue weighted by molar-refractivity contribution is 7.92. The van der Waals surface area contributed by atoms with Crippen LogP contribution in [-0.4, -0.2) is 61.4 Å². The molecule has 0 atom stereocenters. The van der Waals surface area contributed by atoms with Crippen molar-refractivity contribution in [1.29, 1.82) is 0 Å². The van der Waals surface area contributed by atoms with Gasteiger partial charge in [0.1, 0.15) is 0 Å². The number of rotatable bonds is 5. The molecule has 0 spiro atoms. The second kappa shape index (κ2) is 8.47. The van der Waals surface area contributed by atoms with Crippen LogP contribution >= 0.6 is 11.6 Å². The lowest BCUT2D eigenvalue weighted by atomic mass is 10.1. The van der Waals surface area contributed by atoms with Gasteiger partial charge in [-0.25, -0.2) is 16.8 Å². The van der Waals surface area contributed by atoms with Crippen molar-refractivity contribution >= 4 is 37.3 Å². The van der Waals surface area contributed by atoms with Crippen LogP contribution in [0.5, 0.6) is 0 Å². The lowest BCUT2D eigenvalue weighted by Gasteiger charge is -2.31. The Morgan fingerprint density at radius 3 is 2.10 bits per heavy atom. The minimum atomic E-state index is -3.89. The van der Waals surface area contributed by atoms with Crippen LogP contribution in [-0.2, 0) is 20.0 Å². The second-order valence-electron chi connectivity index (χ2n) is 7.64. The molecule has 1 fully saturated rings. The van der Waals surface area contributed by atoms with Gasteiger partial charge in [0.25, 0.3) is 10.0 Å². The molecule has 1 N–H and O–H groups in total. The van der Waals surface area contributed by atoms with Crippen LogP contribution in [0.15, 0.2) is 46.2 Å². The van der Waals surface area contributed by atoms with E-state index < -0.39 is 20.0 Å². The number of hydrogen-bond donors (Lipinski definition) is 1. The van der Waals surface area contributed by atoms with Crippen molar-refractivity contribution < 1.29 is 21.7 Å². The van der Waals surface area contributed by atoms with Crippen LogP contribution in [0.25, 0.3) is 0 Å². The summed E-state index contributed by atoms with van der Waals surface area (Å²) in [6, 6.07) is 9.12. The molecule has 2 aromatic rings. The molecule has 0 unspecified atom stereocenters. The molecule has 0 aliphatic carbocycles. The molecule has 2 aromatic carbocycles. The fraction of sp³-hybridized carbons (Fsp3) is 0.400. The summed E-state index contributed by atoms with van der Waals surface area (Å²) in [5.74, 6) is 0. The zero-order chi connectivity index (χ0) is 22.3. The quantitative estimate of drug-likeness (QED) is 0.711. The first kappa shape index (κ1) is 23.0. The smallest absolute Gasteiger partial charge is 0.264 e. The van der Waals surface area contributed by atoms with Crippen molar-refractivity contribution in [2.45, 2.75) is 23.6 Å². The first-order chi connectivity index (χ1) is 14.0. The predicted molar refractivity (Wildman–Crippen MR) is 118 cm³/mol. The molecule has 10 heteroatoms. The zero-order valence-electron chi connectivity index (χ0n) is 17.5. The van der Waals surface area contributed by atoms with Gasteiger partial charge in [0.2, 0.25) is 10.0 Å². The fourth-order valence-corrected chi connectivity index (χ4v) is 6.82. The van der Waals surface area contributed by atoms with Crippen molar-refractivity contribution in [1.82, 2.24) is 4.31 Å². The van der Waals surface area contributed by atoms with E-state index in [-0.39, 0.29) is 9.79 Å². The molecule has 1 aliphatic rings. The van der Waals surface area contributed by atoms with E-state index in [2.05, 4.69) is 0 Å². The third kappa shape index (κ3) is 4.22. The molecular formula is C20H27ClN3O4S2+. The van der Waals surface area contributed by atoms with E-state index in [1.54, 1.807) is 26.0 Å². The molecule has 0 aromatic heterocycles. The number of quaternary nitrogens is 1. The number of likely N-dealkylation sites (N-methyl/N-ethyl adjacent to an activating group) is 1. The summed E-state index contributed by atoms with van der Waals surface area (Å²) in [5, 5.41) is 0.436. The summed E-state index contributed by atoms with van der Waals surface area (Å²) in [4.78, 5) is 1.51. The number of piperazine rings is 1. The van der Waals surface area contributed by atoms with Crippen LogP contribution in [0.3, 0.4) is 0 Å². The van der Waals surface area contributed by atoms with Crippen LogP contribution in [0, 0.1) is 13.8 Å². The lowest BCUT2D eigenvalue weighted by molar-refractivity contribution is -0.883. The molecule has 0 saturated carbocycles. The van der Waals surface area contributed by atoms with E-state index in [4.69, 9.17) is 11.6 Å². The van der Waals surface area contributed by atoms with Crippen molar-refractivity contribution in [2.75, 3.05) is 44.6 Å². The Balaban J connectivity index is 2.05. The van der Waals surface area contributed by atoms with E-state index in [0.29, 0.717) is 34.9 Å². The summed E-state index contributed by atoms with van der Waals surface area (Å²) in [6.45, 7) is 5.78. The van der Waals surface area contributed by atoms with Gasteiger partial charge in [-0.1, -0.05) is 17.7 Å². The number of aryl methyl sites for hydroxylation is 1. The molecule has 3 rings (SSSR count). The molecule has 0 amide bonds. The van der Waals surface area contributed by atoms with Gasteiger partial charge in [-0.05, 0) is 55.3 Å². The Bertz CT molecular complexity index is 1140. The molecular weight excluding hydrogens is 446 g/mol. The van der Waals surface area contributed by atoms with Gasteiger partial charge in [-0.2, -0.15) is 4.31 Å². The Morgan fingerprint density at radius 2 is 1.53 bits per heavy atom. The van der Waals surface area contributed by atoms with Gasteiger partial charge >= 0.3 is 0 Å². The van der Waals surface area contributed by atoms with Crippen molar-refractivity contribution in [3.8, 4) is 0 Å². The normalized spacial score (nSPS) is 16.6. The molecule has 164 valence electrons. The van der Waals surface area contributed by atoms with Crippen LogP contribution < -0.4 is 9.21 Å². The van der Waals surface area contributed by atoms with Gasteiger partial charge < -0.3 is 4.90 Å². The first-order valence-electron chi connectivity index (χ1n) is 9.62. The molecule has 7 nitrogen and oxygen atoms in total. The Kier molecular flexibility index (Phi) is 6.50. The van der Waals surface area contributed by atoms with Gasteiger partial charge in [0.05, 0.1) is 48.7 Å². The molecule has 30 heavy (non-hydrogen) atoms. The van der Waals surface area contributed by atoms with Crippen LogP contribution in [0.4, 0.5) is 5.69 Å². The maximum atomic E-state index is 13.3. The van der Waals surface area contributed by atoms with E-state index in [0.717, 1.165) is 17.4 Å². The Labute approximate surface area is 184 Å². The number of nitrogens with zero attached hydrogens (tertiary/aromatic N) is 2. The Morgan fingerprint density at radius 1 is 0.967 bits per heavy atom. The fourth-order valence-electron chi connectivity index (χ4n) is 3.71. The first-order valence-corrected chi connectivity index (χ1v) is 12.9. The van der Waals surface area contributed by atoms with E-state index in [9.17, 15) is 16.8 Å². The highest BCUT2D eigenvalue weighted by Gasteiger charge is 2.33. The summed E-state index contributed by atoms with van der Waals surface area (Å²) in [5.41, 5.74) is 1.46. The molecule has 0 radical (unpaired) electrons. The minimum absolute atomic E-state index is 0.0866. The van der Waals surface area contributed by atoms with Crippen molar-refractivity contribution in [3.63, 3.8) is 0 Å². The SMILES string of the molecule is Cc1ccc(S(=O)(=O)N2CC[NH+](C)CC2)c(C)c1N(C)S(=O)(=O)c1ccc(Cl)cc1. The van der Waals surface area contributed by atoms with Crippen LogP contribution in [0.2, 0.25) is 5.02 Å². The third-order valence-electron chi connectivity index (χ3n) is 5.56. The average Bonchev–Trinajstić information content (AvgIpc) is 2.68. The zero-order valence-corrected chi connectivity index (χ0v) is 19.9.